The molecule has 5 rings (SSSR count). The quantitative estimate of drug-likeness (QED) is 0.555. The second kappa shape index (κ2) is 8.77. The van der Waals surface area contributed by atoms with Gasteiger partial charge in [0.05, 0.1) is 24.5 Å². The van der Waals surface area contributed by atoms with Gasteiger partial charge in [-0.05, 0) is 24.0 Å². The van der Waals surface area contributed by atoms with Gasteiger partial charge in [-0.3, -0.25) is 24.3 Å². The van der Waals surface area contributed by atoms with E-state index in [0.29, 0.717) is 19.5 Å². The van der Waals surface area contributed by atoms with Crippen molar-refractivity contribution in [1.82, 2.24) is 14.7 Å². The van der Waals surface area contributed by atoms with Gasteiger partial charge in [-0.1, -0.05) is 72.8 Å². The number of likely N-dealkylation sites (tertiary alicyclic amines) is 1. The van der Waals surface area contributed by atoms with Crippen LogP contribution in [0.3, 0.4) is 0 Å². The molecule has 0 radical (unpaired) electrons. The summed E-state index contributed by atoms with van der Waals surface area (Å²) in [5.74, 6) is -0.236. The van der Waals surface area contributed by atoms with Crippen LogP contribution in [0.2, 0.25) is 0 Å². The first-order valence-corrected chi connectivity index (χ1v) is 11.3. The molecule has 2 atom stereocenters. The molecule has 0 bridgehead atoms. The molecule has 5 heteroatoms. The number of piperazine rings is 1. The lowest BCUT2D eigenvalue weighted by molar-refractivity contribution is -0.142. The Kier molecular flexibility index (Phi) is 5.70. The molecule has 160 valence electrons. The summed E-state index contributed by atoms with van der Waals surface area (Å²) in [6.07, 6.45) is 5.49. The number of imide groups is 1. The summed E-state index contributed by atoms with van der Waals surface area (Å²) in [5.41, 5.74) is 2.59. The van der Waals surface area contributed by atoms with Gasteiger partial charge >= 0.3 is 0 Å². The SMILES string of the molecule is O=C1[C@H]2CC=CC[C@@H]2C(=O)N1CN1CCN(C(c2ccccc2)c2ccccc2)CC1. The van der Waals surface area contributed by atoms with E-state index in [1.165, 1.54) is 16.0 Å². The summed E-state index contributed by atoms with van der Waals surface area (Å²) < 4.78 is 0. The summed E-state index contributed by atoms with van der Waals surface area (Å²) in [4.78, 5) is 31.9. The molecule has 0 saturated carbocycles. The van der Waals surface area contributed by atoms with Gasteiger partial charge in [-0.25, -0.2) is 0 Å². The molecule has 31 heavy (non-hydrogen) atoms. The lowest BCUT2D eigenvalue weighted by Crippen LogP contribution is -2.52. The molecule has 2 fully saturated rings. The molecule has 3 aliphatic rings. The van der Waals surface area contributed by atoms with E-state index in [2.05, 4.69) is 70.5 Å². The van der Waals surface area contributed by atoms with E-state index in [4.69, 9.17) is 0 Å². The van der Waals surface area contributed by atoms with Crippen LogP contribution in [-0.4, -0.2) is 59.4 Å². The minimum atomic E-state index is -0.140. The van der Waals surface area contributed by atoms with Crippen LogP contribution >= 0.6 is 0 Å². The van der Waals surface area contributed by atoms with E-state index in [9.17, 15) is 9.59 Å². The van der Waals surface area contributed by atoms with Gasteiger partial charge in [0.15, 0.2) is 0 Å². The molecule has 2 aliphatic heterocycles. The van der Waals surface area contributed by atoms with E-state index in [0.717, 1.165) is 26.2 Å². The molecule has 2 amide bonds. The summed E-state index contributed by atoms with van der Waals surface area (Å²) in [5, 5.41) is 0. The fourth-order valence-corrected chi connectivity index (χ4v) is 5.26. The third kappa shape index (κ3) is 3.95. The topological polar surface area (TPSA) is 43.9 Å². The maximum absolute atomic E-state index is 12.8. The summed E-state index contributed by atoms with van der Waals surface area (Å²) in [6, 6.07) is 21.5. The summed E-state index contributed by atoms with van der Waals surface area (Å²) >= 11 is 0. The maximum atomic E-state index is 12.8. The molecule has 0 N–H and O–H groups in total. The number of rotatable bonds is 5. The molecule has 0 spiro atoms. The third-order valence-corrected chi connectivity index (χ3v) is 6.94. The summed E-state index contributed by atoms with van der Waals surface area (Å²) in [6.45, 7) is 3.93. The molecular weight excluding hydrogens is 386 g/mol. The van der Waals surface area contributed by atoms with E-state index in [1.807, 2.05) is 12.2 Å². The highest BCUT2D eigenvalue weighted by atomic mass is 16.2. The van der Waals surface area contributed by atoms with Crippen LogP contribution < -0.4 is 0 Å². The minimum absolute atomic E-state index is 0.0215. The van der Waals surface area contributed by atoms with Gasteiger partial charge < -0.3 is 0 Å². The van der Waals surface area contributed by atoms with Crippen molar-refractivity contribution in [3.63, 3.8) is 0 Å². The van der Waals surface area contributed by atoms with E-state index in [1.54, 1.807) is 0 Å². The Morgan fingerprint density at radius 2 is 1.19 bits per heavy atom. The average Bonchev–Trinajstić information content (AvgIpc) is 3.07. The zero-order valence-electron chi connectivity index (χ0n) is 17.8. The predicted molar refractivity (Wildman–Crippen MR) is 120 cm³/mol. The number of hydrogen-bond acceptors (Lipinski definition) is 4. The average molecular weight is 416 g/mol. The van der Waals surface area contributed by atoms with Crippen LogP contribution in [-0.2, 0) is 9.59 Å². The van der Waals surface area contributed by atoms with Gasteiger partial charge in [-0.15, -0.1) is 0 Å². The predicted octanol–water partition coefficient (Wildman–Crippen LogP) is 3.30. The van der Waals surface area contributed by atoms with Crippen LogP contribution in [0.5, 0.6) is 0 Å². The van der Waals surface area contributed by atoms with Gasteiger partial charge in [0.1, 0.15) is 0 Å². The number of fused-ring (bicyclic) bond motifs is 1. The van der Waals surface area contributed by atoms with Crippen molar-refractivity contribution in [1.29, 1.82) is 0 Å². The second-order valence-corrected chi connectivity index (χ2v) is 8.78. The Balaban J connectivity index is 1.26. The smallest absolute Gasteiger partial charge is 0.234 e. The molecule has 0 aromatic heterocycles. The number of hydrogen-bond donors (Lipinski definition) is 0. The third-order valence-electron chi connectivity index (χ3n) is 6.94. The van der Waals surface area contributed by atoms with E-state index >= 15 is 0 Å². The molecule has 2 aromatic rings. The Morgan fingerprint density at radius 1 is 0.710 bits per heavy atom. The monoisotopic (exact) mass is 415 g/mol. The van der Waals surface area contributed by atoms with Crippen LogP contribution in [0.4, 0.5) is 0 Å². The lowest BCUT2D eigenvalue weighted by atomic mass is 9.85. The molecule has 0 unspecified atom stereocenters. The number of amides is 2. The zero-order chi connectivity index (χ0) is 21.2. The van der Waals surface area contributed by atoms with Gasteiger partial charge in [0.2, 0.25) is 11.8 Å². The van der Waals surface area contributed by atoms with Crippen LogP contribution in [0.15, 0.2) is 72.8 Å². The Labute approximate surface area is 183 Å². The van der Waals surface area contributed by atoms with Crippen molar-refractivity contribution in [3.8, 4) is 0 Å². The van der Waals surface area contributed by atoms with Crippen molar-refractivity contribution in [2.45, 2.75) is 18.9 Å². The molecule has 2 aromatic carbocycles. The second-order valence-electron chi connectivity index (χ2n) is 8.78. The largest absolute Gasteiger partial charge is 0.290 e. The number of carbonyl (C=O) groups is 2. The number of nitrogens with zero attached hydrogens (tertiary/aromatic N) is 3. The van der Waals surface area contributed by atoms with Crippen molar-refractivity contribution >= 4 is 11.8 Å². The van der Waals surface area contributed by atoms with Crippen LogP contribution in [0.1, 0.15) is 30.0 Å². The first-order chi connectivity index (χ1) is 15.2. The number of allylic oxidation sites excluding steroid dienone is 2. The highest BCUT2D eigenvalue weighted by molar-refractivity contribution is 6.05. The number of carbonyl (C=O) groups excluding carboxylic acids is 2. The molecule has 2 heterocycles. The van der Waals surface area contributed by atoms with Crippen LogP contribution in [0, 0.1) is 11.8 Å². The van der Waals surface area contributed by atoms with Gasteiger partial charge in [0.25, 0.3) is 0 Å². The highest BCUT2D eigenvalue weighted by Gasteiger charge is 2.47. The van der Waals surface area contributed by atoms with Crippen molar-refractivity contribution in [3.05, 3.63) is 83.9 Å². The fourth-order valence-electron chi connectivity index (χ4n) is 5.26. The van der Waals surface area contributed by atoms with Crippen LogP contribution in [0.25, 0.3) is 0 Å². The fraction of sp³-hybridized carbons (Fsp3) is 0.385. The lowest BCUT2D eigenvalue weighted by Gasteiger charge is -2.40. The molecular formula is C26H29N3O2. The van der Waals surface area contributed by atoms with Crippen molar-refractivity contribution in [2.75, 3.05) is 32.8 Å². The first-order valence-electron chi connectivity index (χ1n) is 11.3. The number of benzene rings is 2. The van der Waals surface area contributed by atoms with E-state index in [-0.39, 0.29) is 29.7 Å². The van der Waals surface area contributed by atoms with Gasteiger partial charge in [0, 0.05) is 26.2 Å². The van der Waals surface area contributed by atoms with Crippen molar-refractivity contribution in [2.24, 2.45) is 11.8 Å². The van der Waals surface area contributed by atoms with E-state index < -0.39 is 0 Å². The Hall–Kier alpha value is -2.76. The summed E-state index contributed by atoms with van der Waals surface area (Å²) in [7, 11) is 0. The maximum Gasteiger partial charge on any atom is 0.234 e. The molecule has 1 aliphatic carbocycles. The normalized spacial score (nSPS) is 24.7. The first kappa shape index (κ1) is 20.2. The van der Waals surface area contributed by atoms with Crippen molar-refractivity contribution < 1.29 is 9.59 Å². The Bertz CT molecular complexity index is 886. The minimum Gasteiger partial charge on any atom is -0.290 e. The standard InChI is InChI=1S/C26H29N3O2/c30-25-22-13-7-8-14-23(22)26(31)29(25)19-27-15-17-28(18-16-27)24(20-9-3-1-4-10-20)21-11-5-2-6-12-21/h1-12,22-24H,13-19H2/t22-,23-/m0/s1. The zero-order valence-corrected chi connectivity index (χ0v) is 17.8. The molecule has 2 saturated heterocycles. The van der Waals surface area contributed by atoms with Gasteiger partial charge in [-0.2, -0.15) is 0 Å². The Morgan fingerprint density at radius 3 is 1.68 bits per heavy atom. The molecule has 5 nitrogen and oxygen atoms in total. The highest BCUT2D eigenvalue weighted by Crippen LogP contribution is 2.35.